The van der Waals surface area contributed by atoms with Crippen LogP contribution < -0.4 is 21.4 Å². The Morgan fingerprint density at radius 2 is 1.35 bits per heavy atom. The van der Waals surface area contributed by atoms with Crippen molar-refractivity contribution < 1.29 is 29.2 Å². The fourth-order valence-electron chi connectivity index (χ4n) is 4.67. The largest absolute Gasteiger partial charge is 0.352 e. The van der Waals surface area contributed by atoms with Crippen LogP contribution in [-0.4, -0.2) is 47.2 Å². The summed E-state index contributed by atoms with van der Waals surface area (Å²) < 4.78 is 0. The number of unbranched alkanes of at least 4 members (excludes halogenated alkanes) is 4. The van der Waals surface area contributed by atoms with E-state index in [0.29, 0.717) is 48.2 Å². The summed E-state index contributed by atoms with van der Waals surface area (Å²) in [5, 5.41) is 17.0. The van der Waals surface area contributed by atoms with Crippen molar-refractivity contribution in [1.82, 2.24) is 16.1 Å². The van der Waals surface area contributed by atoms with Gasteiger partial charge in [0.1, 0.15) is 6.04 Å². The van der Waals surface area contributed by atoms with Gasteiger partial charge in [-0.05, 0) is 49.1 Å². The molecule has 0 aliphatic heterocycles. The molecule has 0 aliphatic carbocycles. The van der Waals surface area contributed by atoms with Gasteiger partial charge in [-0.2, -0.15) is 0 Å². The molecular weight excluding hydrogens is 584 g/mol. The summed E-state index contributed by atoms with van der Waals surface area (Å²) in [7, 11) is 0. The van der Waals surface area contributed by atoms with E-state index in [1.807, 2.05) is 6.07 Å². The third-order valence-electron chi connectivity index (χ3n) is 7.22. The minimum atomic E-state index is -0.894. The number of hydrogen-bond acceptors (Lipinski definition) is 6. The van der Waals surface area contributed by atoms with Crippen LogP contribution in [0.25, 0.3) is 0 Å². The SMILES string of the molecule is C#CCCCC(=O)N[C@@H](Cc1ccc(C(=O)c2ccccc2)cc1)C(=O)Nc1ccc(C(=O)NCCCCCCC(=O)NO)cc1. The van der Waals surface area contributed by atoms with Gasteiger partial charge in [0.15, 0.2) is 5.78 Å². The number of hydroxylamine groups is 1. The van der Waals surface area contributed by atoms with Gasteiger partial charge in [-0.1, -0.05) is 67.4 Å². The summed E-state index contributed by atoms with van der Waals surface area (Å²) >= 11 is 0. The number of carbonyl (C=O) groups is 5. The average molecular weight is 625 g/mol. The number of terminal acetylenes is 1. The van der Waals surface area contributed by atoms with Crippen molar-refractivity contribution in [3.8, 4) is 12.3 Å². The van der Waals surface area contributed by atoms with Crippen molar-refractivity contribution in [2.75, 3.05) is 11.9 Å². The molecule has 0 unspecified atom stereocenters. The Balaban J connectivity index is 1.57. The van der Waals surface area contributed by atoms with Gasteiger partial charge in [-0.3, -0.25) is 29.2 Å². The van der Waals surface area contributed by atoms with Crippen LogP contribution in [0.3, 0.4) is 0 Å². The number of nitrogens with one attached hydrogen (secondary N) is 4. The highest BCUT2D eigenvalue weighted by atomic mass is 16.5. The Bertz CT molecular complexity index is 1500. The quantitative estimate of drug-likeness (QED) is 0.0459. The van der Waals surface area contributed by atoms with Gasteiger partial charge in [0.2, 0.25) is 17.7 Å². The normalized spacial score (nSPS) is 11.0. The highest BCUT2D eigenvalue weighted by Gasteiger charge is 2.22. The van der Waals surface area contributed by atoms with Gasteiger partial charge >= 0.3 is 0 Å². The lowest BCUT2D eigenvalue weighted by Crippen LogP contribution is -2.45. The Kier molecular flexibility index (Phi) is 14.7. The highest BCUT2D eigenvalue weighted by molar-refractivity contribution is 6.09. The Labute approximate surface area is 269 Å². The molecule has 3 aromatic rings. The molecule has 0 saturated carbocycles. The molecule has 3 rings (SSSR count). The number of amides is 4. The molecule has 0 spiro atoms. The van der Waals surface area contributed by atoms with Crippen molar-refractivity contribution in [2.24, 2.45) is 0 Å². The Morgan fingerprint density at radius 1 is 0.717 bits per heavy atom. The van der Waals surface area contributed by atoms with E-state index in [9.17, 15) is 24.0 Å². The summed E-state index contributed by atoms with van der Waals surface area (Å²) in [6.45, 7) is 0.480. The van der Waals surface area contributed by atoms with Crippen LogP contribution in [0.5, 0.6) is 0 Å². The van der Waals surface area contributed by atoms with Crippen LogP contribution >= 0.6 is 0 Å². The third-order valence-corrected chi connectivity index (χ3v) is 7.22. The lowest BCUT2D eigenvalue weighted by molar-refractivity contribution is -0.129. The summed E-state index contributed by atoms with van der Waals surface area (Å²) in [4.78, 5) is 62.3. The summed E-state index contributed by atoms with van der Waals surface area (Å²) in [5.41, 5.74) is 4.35. The van der Waals surface area contributed by atoms with E-state index >= 15 is 0 Å². The fraction of sp³-hybridized carbons (Fsp3) is 0.306. The average Bonchev–Trinajstić information content (AvgIpc) is 3.08. The zero-order valence-corrected chi connectivity index (χ0v) is 25.7. The summed E-state index contributed by atoms with van der Waals surface area (Å²) in [6.07, 6.45) is 9.94. The van der Waals surface area contributed by atoms with Crippen LogP contribution in [0, 0.1) is 12.3 Å². The molecule has 0 fully saturated rings. The number of benzene rings is 3. The Hall–Kier alpha value is -5.27. The topological polar surface area (TPSA) is 154 Å². The molecule has 0 aromatic heterocycles. The van der Waals surface area contributed by atoms with Gasteiger partial charge in [-0.25, -0.2) is 5.48 Å². The molecule has 3 aromatic carbocycles. The van der Waals surface area contributed by atoms with Gasteiger partial charge in [0.25, 0.3) is 5.91 Å². The lowest BCUT2D eigenvalue weighted by Gasteiger charge is -2.19. The number of ketones is 1. The zero-order chi connectivity index (χ0) is 33.1. The monoisotopic (exact) mass is 624 g/mol. The highest BCUT2D eigenvalue weighted by Crippen LogP contribution is 2.15. The first kappa shape index (κ1) is 35.2. The first-order valence-corrected chi connectivity index (χ1v) is 15.3. The predicted octanol–water partition coefficient (Wildman–Crippen LogP) is 4.57. The van der Waals surface area contributed by atoms with E-state index in [-0.39, 0.29) is 36.9 Å². The van der Waals surface area contributed by atoms with Crippen LogP contribution in [0.1, 0.15) is 83.2 Å². The number of carbonyl (C=O) groups excluding carboxylic acids is 5. The smallest absolute Gasteiger partial charge is 0.251 e. The third kappa shape index (κ3) is 12.0. The molecule has 4 amide bonds. The summed E-state index contributed by atoms with van der Waals surface area (Å²) in [5.74, 6) is 1.01. The van der Waals surface area contributed by atoms with E-state index < -0.39 is 17.9 Å². The van der Waals surface area contributed by atoms with E-state index in [1.165, 1.54) is 0 Å². The maximum Gasteiger partial charge on any atom is 0.251 e. The van der Waals surface area contributed by atoms with Gasteiger partial charge in [0, 0.05) is 54.6 Å². The van der Waals surface area contributed by atoms with E-state index in [0.717, 1.165) is 24.8 Å². The first-order chi connectivity index (χ1) is 22.3. The lowest BCUT2D eigenvalue weighted by atomic mass is 9.99. The number of anilines is 1. The molecule has 0 aliphatic rings. The van der Waals surface area contributed by atoms with E-state index in [2.05, 4.69) is 21.9 Å². The van der Waals surface area contributed by atoms with Crippen molar-refractivity contribution in [2.45, 2.75) is 63.8 Å². The first-order valence-electron chi connectivity index (χ1n) is 15.3. The van der Waals surface area contributed by atoms with Crippen LogP contribution in [0.4, 0.5) is 5.69 Å². The molecule has 10 heteroatoms. The standard InChI is InChI=1S/C36H40N4O6/c1-2-3-7-14-32(41)39-31(25-26-16-18-28(19-17-26)34(43)27-12-8-6-9-13-27)36(45)38-30-22-20-29(21-23-30)35(44)37-24-11-5-4-10-15-33(42)40-46/h1,6,8-9,12-13,16-23,31,46H,3-5,7,10-11,14-15,24-25H2,(H,37,44)(H,38,45)(H,39,41)(H,40,42)/t31-/m0/s1. The van der Waals surface area contributed by atoms with Gasteiger partial charge in [-0.15, -0.1) is 12.3 Å². The second kappa shape index (κ2) is 19.2. The second-order valence-electron chi connectivity index (χ2n) is 10.8. The van der Waals surface area contributed by atoms with Crippen molar-refractivity contribution in [1.29, 1.82) is 0 Å². The molecule has 0 heterocycles. The predicted molar refractivity (Wildman–Crippen MR) is 175 cm³/mol. The maximum absolute atomic E-state index is 13.3. The molecule has 5 N–H and O–H groups in total. The molecule has 10 nitrogen and oxygen atoms in total. The molecule has 0 bridgehead atoms. The molecule has 0 saturated heterocycles. The molecule has 240 valence electrons. The van der Waals surface area contributed by atoms with Crippen LogP contribution in [0.15, 0.2) is 78.9 Å². The molecule has 0 radical (unpaired) electrons. The van der Waals surface area contributed by atoms with Crippen molar-refractivity contribution in [3.63, 3.8) is 0 Å². The minimum absolute atomic E-state index is 0.109. The van der Waals surface area contributed by atoms with Crippen molar-refractivity contribution >= 4 is 35.1 Å². The fourth-order valence-corrected chi connectivity index (χ4v) is 4.67. The summed E-state index contributed by atoms with van der Waals surface area (Å²) in [6, 6.07) is 21.5. The minimum Gasteiger partial charge on any atom is -0.352 e. The molecular formula is C36H40N4O6. The zero-order valence-electron chi connectivity index (χ0n) is 25.7. The van der Waals surface area contributed by atoms with E-state index in [1.54, 1.807) is 78.3 Å². The maximum atomic E-state index is 13.3. The van der Waals surface area contributed by atoms with Crippen LogP contribution in [0.2, 0.25) is 0 Å². The molecule has 1 atom stereocenters. The second-order valence-corrected chi connectivity index (χ2v) is 10.8. The molecule has 46 heavy (non-hydrogen) atoms. The number of hydrogen-bond donors (Lipinski definition) is 5. The van der Waals surface area contributed by atoms with Crippen LogP contribution in [-0.2, 0) is 20.8 Å². The van der Waals surface area contributed by atoms with Crippen molar-refractivity contribution in [3.05, 3.63) is 101 Å². The Morgan fingerprint density at radius 3 is 2.02 bits per heavy atom. The number of rotatable bonds is 18. The van der Waals surface area contributed by atoms with Gasteiger partial charge < -0.3 is 16.0 Å². The van der Waals surface area contributed by atoms with E-state index in [4.69, 9.17) is 11.6 Å². The van der Waals surface area contributed by atoms with Gasteiger partial charge in [0.05, 0.1) is 0 Å².